The van der Waals surface area contributed by atoms with Gasteiger partial charge in [0.2, 0.25) is 0 Å². The molecule has 0 amide bonds. The lowest BCUT2D eigenvalue weighted by Crippen LogP contribution is -1.93. The van der Waals surface area contributed by atoms with E-state index in [0.29, 0.717) is 19.3 Å². The lowest BCUT2D eigenvalue weighted by Gasteiger charge is -2.02. The molecule has 2 heteroatoms. The summed E-state index contributed by atoms with van der Waals surface area (Å²) >= 11 is 0. The van der Waals surface area contributed by atoms with E-state index in [-0.39, 0.29) is 19.3 Å². The summed E-state index contributed by atoms with van der Waals surface area (Å²) < 4.78 is 31.9. The van der Waals surface area contributed by atoms with Crippen LogP contribution in [0.5, 0.6) is 0 Å². The molecule has 0 aliphatic carbocycles. The van der Waals surface area contributed by atoms with Crippen molar-refractivity contribution in [3.63, 3.8) is 0 Å². The summed E-state index contributed by atoms with van der Waals surface area (Å²) in [4.78, 5) is 10.4. The molecule has 18 heavy (non-hydrogen) atoms. The van der Waals surface area contributed by atoms with E-state index in [2.05, 4.69) is 6.92 Å². The van der Waals surface area contributed by atoms with Gasteiger partial charge in [0.1, 0.15) is 0 Å². The SMILES string of the molecule is [2H]C([2H])(CCCCCCCC)C([2H])([2H])CCCCCC(=O)O. The number of unbranched alkanes of at least 4 members (excludes halogenated alkanes) is 7. The fourth-order valence-corrected chi connectivity index (χ4v) is 1.84. The summed E-state index contributed by atoms with van der Waals surface area (Å²) in [6.07, 6.45) is 4.98. The fraction of sp³-hybridized carbons (Fsp3) is 0.938. The fourth-order valence-electron chi connectivity index (χ4n) is 1.84. The van der Waals surface area contributed by atoms with Gasteiger partial charge < -0.3 is 5.11 Å². The summed E-state index contributed by atoms with van der Waals surface area (Å²) in [7, 11) is 0. The second-order valence-electron chi connectivity index (χ2n) is 4.83. The Labute approximate surface area is 119 Å². The average molecular weight is 260 g/mol. The summed E-state index contributed by atoms with van der Waals surface area (Å²) in [6, 6.07) is 0. The predicted molar refractivity (Wildman–Crippen MR) is 77.9 cm³/mol. The Balaban J connectivity index is 3.94. The van der Waals surface area contributed by atoms with Gasteiger partial charge in [-0.15, -0.1) is 0 Å². The highest BCUT2D eigenvalue weighted by Gasteiger charge is 1.96. The predicted octanol–water partition coefficient (Wildman–Crippen LogP) is 5.55. The van der Waals surface area contributed by atoms with Gasteiger partial charge in [0, 0.05) is 11.9 Å². The molecule has 0 saturated carbocycles. The van der Waals surface area contributed by atoms with Crippen LogP contribution in [0.3, 0.4) is 0 Å². The monoisotopic (exact) mass is 260 g/mol. The van der Waals surface area contributed by atoms with Crippen LogP contribution >= 0.6 is 0 Å². The van der Waals surface area contributed by atoms with Crippen LogP contribution in [0, 0.1) is 0 Å². The van der Waals surface area contributed by atoms with Crippen LogP contribution in [0.2, 0.25) is 0 Å². The number of aliphatic carboxylic acids is 1. The number of carboxylic acids is 1. The van der Waals surface area contributed by atoms with Crippen LogP contribution in [0.4, 0.5) is 0 Å². The first-order valence-electron chi connectivity index (χ1n) is 9.45. The maximum Gasteiger partial charge on any atom is 0.303 e. The Bertz CT molecular complexity index is 307. The van der Waals surface area contributed by atoms with Gasteiger partial charge in [-0.25, -0.2) is 0 Å². The van der Waals surface area contributed by atoms with Crippen molar-refractivity contribution in [2.24, 2.45) is 0 Å². The van der Waals surface area contributed by atoms with E-state index in [0.717, 1.165) is 19.3 Å². The van der Waals surface area contributed by atoms with Gasteiger partial charge in [0.15, 0.2) is 0 Å². The molecule has 0 rings (SSSR count). The first-order valence-corrected chi connectivity index (χ1v) is 7.45. The summed E-state index contributed by atoms with van der Waals surface area (Å²) in [5.74, 6) is -0.832. The maximum absolute atomic E-state index is 10.4. The molecule has 0 aromatic heterocycles. The highest BCUT2D eigenvalue weighted by Crippen LogP contribution is 2.12. The number of carboxylic acid groups (broad SMARTS) is 1. The molecule has 0 spiro atoms. The van der Waals surface area contributed by atoms with E-state index in [1.54, 1.807) is 0 Å². The smallest absolute Gasteiger partial charge is 0.303 e. The highest BCUT2D eigenvalue weighted by atomic mass is 16.4. The average Bonchev–Trinajstić information content (AvgIpc) is 2.41. The molecule has 0 aliphatic rings. The maximum atomic E-state index is 10.4. The molecule has 0 aromatic rings. The topological polar surface area (TPSA) is 37.3 Å². The molecule has 0 unspecified atom stereocenters. The van der Waals surface area contributed by atoms with Crippen LogP contribution in [-0.2, 0) is 4.79 Å². The zero-order valence-corrected chi connectivity index (χ0v) is 11.8. The standard InChI is InChI=1S/C16H32O2/c1-2-3-4-5-6-7-8-9-10-11-12-13-14-15-16(17)18/h2-15H2,1H3,(H,17,18)/i9D2,10D2. The molecule has 2 nitrogen and oxygen atoms in total. The first-order chi connectivity index (χ1) is 10.2. The van der Waals surface area contributed by atoms with Crippen molar-refractivity contribution >= 4 is 5.97 Å². The van der Waals surface area contributed by atoms with Crippen LogP contribution in [0.1, 0.15) is 102 Å². The minimum absolute atomic E-state index is 0.105. The van der Waals surface area contributed by atoms with Crippen molar-refractivity contribution in [3.05, 3.63) is 0 Å². The highest BCUT2D eigenvalue weighted by molar-refractivity contribution is 5.66. The van der Waals surface area contributed by atoms with Crippen molar-refractivity contribution in [2.45, 2.75) is 96.7 Å². The number of rotatable bonds is 14. The Morgan fingerprint density at radius 1 is 0.833 bits per heavy atom. The molecule has 0 bridgehead atoms. The second-order valence-corrected chi connectivity index (χ2v) is 4.83. The minimum Gasteiger partial charge on any atom is -0.481 e. The number of hydrogen-bond acceptors (Lipinski definition) is 1. The lowest BCUT2D eigenvalue weighted by atomic mass is 10.0. The molecule has 0 aromatic carbocycles. The quantitative estimate of drug-likeness (QED) is 0.416. The molecule has 108 valence electrons. The lowest BCUT2D eigenvalue weighted by molar-refractivity contribution is -0.137. The van der Waals surface area contributed by atoms with E-state index < -0.39 is 18.7 Å². The molecule has 0 aliphatic heterocycles. The normalized spacial score (nSPS) is 15.6. The zero-order valence-electron chi connectivity index (χ0n) is 15.8. The molecule has 0 fully saturated rings. The Morgan fingerprint density at radius 2 is 1.28 bits per heavy atom. The molecule has 0 saturated heterocycles. The van der Waals surface area contributed by atoms with Crippen LogP contribution in [0.15, 0.2) is 0 Å². The third-order valence-corrected chi connectivity index (χ3v) is 2.97. The van der Waals surface area contributed by atoms with Crippen molar-refractivity contribution in [1.29, 1.82) is 0 Å². The van der Waals surface area contributed by atoms with Gasteiger partial charge in [0.25, 0.3) is 0 Å². The van der Waals surface area contributed by atoms with E-state index in [4.69, 9.17) is 10.6 Å². The van der Waals surface area contributed by atoms with E-state index in [1.807, 2.05) is 0 Å². The number of carbonyl (C=O) groups is 1. The van der Waals surface area contributed by atoms with Crippen molar-refractivity contribution in [2.75, 3.05) is 0 Å². The van der Waals surface area contributed by atoms with Crippen LogP contribution in [-0.4, -0.2) is 11.1 Å². The molecule has 1 N–H and O–H groups in total. The van der Waals surface area contributed by atoms with Crippen molar-refractivity contribution < 1.29 is 15.4 Å². The molecule has 0 atom stereocenters. The van der Waals surface area contributed by atoms with Crippen LogP contribution < -0.4 is 0 Å². The van der Waals surface area contributed by atoms with Gasteiger partial charge in [-0.2, -0.15) is 0 Å². The van der Waals surface area contributed by atoms with E-state index in [9.17, 15) is 4.79 Å². The molecule has 0 radical (unpaired) electrons. The summed E-state index contributed by atoms with van der Waals surface area (Å²) in [6.45, 7) is 2.16. The van der Waals surface area contributed by atoms with Crippen molar-refractivity contribution in [3.8, 4) is 0 Å². The van der Waals surface area contributed by atoms with Gasteiger partial charge in [0.05, 0.1) is 0 Å². The number of hydrogen-bond donors (Lipinski definition) is 1. The van der Waals surface area contributed by atoms with Gasteiger partial charge in [-0.1, -0.05) is 83.9 Å². The van der Waals surface area contributed by atoms with E-state index in [1.165, 1.54) is 19.3 Å². The van der Waals surface area contributed by atoms with E-state index >= 15 is 0 Å². The second kappa shape index (κ2) is 14.5. The van der Waals surface area contributed by atoms with Gasteiger partial charge >= 0.3 is 5.97 Å². The summed E-state index contributed by atoms with van der Waals surface area (Å²) in [5.41, 5.74) is 0. The largest absolute Gasteiger partial charge is 0.481 e. The van der Waals surface area contributed by atoms with Crippen LogP contribution in [0.25, 0.3) is 0 Å². The Kier molecular flexibility index (Phi) is 9.13. The third kappa shape index (κ3) is 15.5. The Hall–Kier alpha value is -0.530. The Morgan fingerprint density at radius 3 is 1.78 bits per heavy atom. The van der Waals surface area contributed by atoms with Crippen molar-refractivity contribution in [1.82, 2.24) is 0 Å². The van der Waals surface area contributed by atoms with Gasteiger partial charge in [-0.3, -0.25) is 4.79 Å². The molecule has 0 heterocycles. The third-order valence-electron chi connectivity index (χ3n) is 2.97. The summed E-state index contributed by atoms with van der Waals surface area (Å²) in [5, 5.41) is 8.54. The molecular formula is C16H32O2. The molecular weight excluding hydrogens is 224 g/mol. The first kappa shape index (κ1) is 11.3. The van der Waals surface area contributed by atoms with Gasteiger partial charge in [-0.05, 0) is 6.42 Å². The zero-order chi connectivity index (χ0) is 17.1. The minimum atomic E-state index is -1.83.